The van der Waals surface area contributed by atoms with Crippen molar-refractivity contribution in [3.05, 3.63) is 23.8 Å². The molecular weight excluding hydrogens is 300 g/mol. The van der Waals surface area contributed by atoms with Gasteiger partial charge in [0.25, 0.3) is 0 Å². The van der Waals surface area contributed by atoms with E-state index in [0.717, 1.165) is 35.9 Å². The van der Waals surface area contributed by atoms with Crippen molar-refractivity contribution in [2.75, 3.05) is 35.4 Å². The van der Waals surface area contributed by atoms with E-state index in [1.54, 1.807) is 14.2 Å². The fraction of sp³-hybridized carbons (Fsp3) is 0.700. The van der Waals surface area contributed by atoms with Crippen LogP contribution in [0.3, 0.4) is 0 Å². The van der Waals surface area contributed by atoms with Gasteiger partial charge >= 0.3 is 0 Å². The molecule has 4 atom stereocenters. The van der Waals surface area contributed by atoms with Crippen LogP contribution in [0.5, 0.6) is 11.5 Å². The molecule has 134 valence electrons. The monoisotopic (exact) mass is 332 g/mol. The molecule has 1 aromatic carbocycles. The smallest absolute Gasteiger partial charge is 0.122 e. The second kappa shape index (κ2) is 7.32. The molecule has 0 bridgehead atoms. The van der Waals surface area contributed by atoms with Crippen molar-refractivity contribution in [2.24, 2.45) is 11.8 Å². The molecule has 0 amide bonds. The molecule has 0 aliphatic heterocycles. The predicted octanol–water partition coefficient (Wildman–Crippen LogP) is 3.25. The molecule has 0 saturated heterocycles. The lowest BCUT2D eigenvalue weighted by Gasteiger charge is -2.27. The summed E-state index contributed by atoms with van der Waals surface area (Å²) in [6.07, 6.45) is 5.48. The molecule has 0 radical (unpaired) electrons. The Kier molecular flexibility index (Phi) is 5.36. The molecule has 0 N–H and O–H groups in total. The Labute approximate surface area is 146 Å². The van der Waals surface area contributed by atoms with E-state index in [0.29, 0.717) is 6.04 Å². The van der Waals surface area contributed by atoms with Crippen molar-refractivity contribution in [1.29, 1.82) is 0 Å². The van der Waals surface area contributed by atoms with Gasteiger partial charge in [-0.25, -0.2) is 0 Å². The average molecular weight is 332 g/mol. The minimum atomic E-state index is 0.709. The largest absolute Gasteiger partial charge is 0.497 e. The molecule has 3 rings (SSSR count). The number of methoxy groups -OCH3 is 2. The molecule has 2 aliphatic rings. The van der Waals surface area contributed by atoms with E-state index in [2.05, 4.69) is 43.1 Å². The minimum Gasteiger partial charge on any atom is -0.497 e. The fourth-order valence-electron chi connectivity index (χ4n) is 4.71. The highest BCUT2D eigenvalue weighted by Gasteiger charge is 2.43. The minimum absolute atomic E-state index is 0.709. The van der Waals surface area contributed by atoms with E-state index in [4.69, 9.17) is 9.47 Å². The van der Waals surface area contributed by atoms with Crippen LogP contribution in [0, 0.1) is 11.8 Å². The van der Waals surface area contributed by atoms with Crippen LogP contribution in [-0.2, 0) is 6.54 Å². The van der Waals surface area contributed by atoms with Gasteiger partial charge < -0.3 is 14.4 Å². The summed E-state index contributed by atoms with van der Waals surface area (Å²) in [4.78, 5) is 4.94. The van der Waals surface area contributed by atoms with E-state index in [1.807, 2.05) is 6.07 Å². The summed E-state index contributed by atoms with van der Waals surface area (Å²) in [5, 5.41) is 0. The Balaban J connectivity index is 1.60. The molecule has 4 heteroatoms. The standard InChI is InChI=1S/C20H32N2O2/c1-21(2)17-8-15-10-18(11-16(15)9-17)22(3)13-14-6-19(23-4)12-20(7-14)24-5/h6-7,12,15-18H,8-11,13H2,1-5H3/t15-,16+,17?,18?. The summed E-state index contributed by atoms with van der Waals surface area (Å²) >= 11 is 0. The maximum atomic E-state index is 5.40. The van der Waals surface area contributed by atoms with E-state index in [1.165, 1.54) is 31.2 Å². The van der Waals surface area contributed by atoms with Crippen molar-refractivity contribution in [2.45, 2.75) is 44.3 Å². The van der Waals surface area contributed by atoms with Gasteiger partial charge in [0.05, 0.1) is 14.2 Å². The molecule has 2 fully saturated rings. The summed E-state index contributed by atoms with van der Waals surface area (Å²) < 4.78 is 10.8. The summed E-state index contributed by atoms with van der Waals surface area (Å²) in [5.41, 5.74) is 1.26. The van der Waals surface area contributed by atoms with Crippen LogP contribution in [0.1, 0.15) is 31.2 Å². The Bertz CT molecular complexity index is 524. The van der Waals surface area contributed by atoms with Crippen LogP contribution in [-0.4, -0.2) is 57.2 Å². The lowest BCUT2D eigenvalue weighted by Crippen LogP contribution is -2.31. The number of benzene rings is 1. The maximum Gasteiger partial charge on any atom is 0.122 e. The maximum absolute atomic E-state index is 5.40. The van der Waals surface area contributed by atoms with E-state index < -0.39 is 0 Å². The lowest BCUT2D eigenvalue weighted by molar-refractivity contribution is 0.211. The topological polar surface area (TPSA) is 24.9 Å². The van der Waals surface area contributed by atoms with Gasteiger partial charge in [0.15, 0.2) is 0 Å². The third kappa shape index (κ3) is 3.70. The van der Waals surface area contributed by atoms with E-state index in [-0.39, 0.29) is 0 Å². The number of ether oxygens (including phenoxy) is 2. The first-order valence-electron chi connectivity index (χ1n) is 9.08. The summed E-state index contributed by atoms with van der Waals surface area (Å²) in [7, 11) is 10.1. The molecule has 0 spiro atoms. The Morgan fingerprint density at radius 2 is 1.33 bits per heavy atom. The summed E-state index contributed by atoms with van der Waals surface area (Å²) in [6.45, 7) is 0.953. The lowest BCUT2D eigenvalue weighted by atomic mass is 10.0. The van der Waals surface area contributed by atoms with Gasteiger partial charge in [-0.15, -0.1) is 0 Å². The number of hydrogen-bond acceptors (Lipinski definition) is 4. The third-order valence-electron chi connectivity index (χ3n) is 6.16. The molecule has 4 nitrogen and oxygen atoms in total. The molecule has 24 heavy (non-hydrogen) atoms. The van der Waals surface area contributed by atoms with Crippen LogP contribution in [0.4, 0.5) is 0 Å². The first-order valence-corrected chi connectivity index (χ1v) is 9.08. The highest BCUT2D eigenvalue weighted by Crippen LogP contribution is 2.46. The summed E-state index contributed by atoms with van der Waals surface area (Å²) in [6, 6.07) is 7.69. The molecule has 0 heterocycles. The number of nitrogens with zero attached hydrogens (tertiary/aromatic N) is 2. The van der Waals surface area contributed by atoms with Crippen molar-refractivity contribution in [1.82, 2.24) is 9.80 Å². The first kappa shape index (κ1) is 17.6. The Hall–Kier alpha value is -1.26. The quantitative estimate of drug-likeness (QED) is 0.798. The summed E-state index contributed by atoms with van der Waals surface area (Å²) in [5.74, 6) is 3.58. The van der Waals surface area contributed by atoms with Gasteiger partial charge in [0.2, 0.25) is 0 Å². The van der Waals surface area contributed by atoms with Crippen LogP contribution in [0.15, 0.2) is 18.2 Å². The van der Waals surface area contributed by atoms with Crippen molar-refractivity contribution < 1.29 is 9.47 Å². The van der Waals surface area contributed by atoms with E-state index >= 15 is 0 Å². The Morgan fingerprint density at radius 3 is 1.79 bits per heavy atom. The number of fused-ring (bicyclic) bond motifs is 1. The zero-order valence-electron chi connectivity index (χ0n) is 15.8. The van der Waals surface area contributed by atoms with Gasteiger partial charge in [0, 0.05) is 24.7 Å². The predicted molar refractivity (Wildman–Crippen MR) is 97.7 cm³/mol. The number of hydrogen-bond donors (Lipinski definition) is 0. The Morgan fingerprint density at radius 1 is 0.833 bits per heavy atom. The molecular formula is C20H32N2O2. The molecule has 2 saturated carbocycles. The fourth-order valence-corrected chi connectivity index (χ4v) is 4.71. The van der Waals surface area contributed by atoms with Crippen molar-refractivity contribution >= 4 is 0 Å². The molecule has 1 aromatic rings. The van der Waals surface area contributed by atoms with Crippen molar-refractivity contribution in [3.63, 3.8) is 0 Å². The second-order valence-corrected chi connectivity index (χ2v) is 7.87. The van der Waals surface area contributed by atoms with Crippen LogP contribution in [0.25, 0.3) is 0 Å². The number of rotatable bonds is 6. The zero-order chi connectivity index (χ0) is 17.3. The second-order valence-electron chi connectivity index (χ2n) is 7.87. The molecule has 2 unspecified atom stereocenters. The SMILES string of the molecule is COc1cc(CN(C)C2C[C@H]3CC(N(C)C)C[C@H]3C2)cc(OC)c1. The van der Waals surface area contributed by atoms with Gasteiger partial charge in [0.1, 0.15) is 11.5 Å². The van der Waals surface area contributed by atoms with E-state index in [9.17, 15) is 0 Å². The molecule has 2 aliphatic carbocycles. The van der Waals surface area contributed by atoms with Crippen molar-refractivity contribution in [3.8, 4) is 11.5 Å². The zero-order valence-corrected chi connectivity index (χ0v) is 15.8. The van der Waals surface area contributed by atoms with Crippen LogP contribution < -0.4 is 9.47 Å². The van der Waals surface area contributed by atoms with Crippen LogP contribution in [0.2, 0.25) is 0 Å². The highest BCUT2D eigenvalue weighted by molar-refractivity contribution is 5.38. The normalized spacial score (nSPS) is 29.3. The third-order valence-corrected chi connectivity index (χ3v) is 6.16. The average Bonchev–Trinajstić information content (AvgIpc) is 3.13. The van der Waals surface area contributed by atoms with Crippen LogP contribution >= 0.6 is 0 Å². The first-order chi connectivity index (χ1) is 11.5. The van der Waals surface area contributed by atoms with Gasteiger partial charge in [-0.2, -0.15) is 0 Å². The van der Waals surface area contributed by atoms with Gasteiger partial charge in [-0.05, 0) is 76.4 Å². The molecule has 0 aromatic heterocycles. The highest BCUT2D eigenvalue weighted by atomic mass is 16.5. The van der Waals surface area contributed by atoms with Gasteiger partial charge in [-0.3, -0.25) is 4.90 Å². The van der Waals surface area contributed by atoms with Gasteiger partial charge in [-0.1, -0.05) is 0 Å².